The van der Waals surface area contributed by atoms with Gasteiger partial charge >= 0.3 is 0 Å². The van der Waals surface area contributed by atoms with E-state index < -0.39 is 0 Å². The Bertz CT molecular complexity index is 255. The highest BCUT2D eigenvalue weighted by Crippen LogP contribution is 2.13. The molecule has 0 spiro atoms. The molecule has 136 valence electrons. The fourth-order valence-corrected chi connectivity index (χ4v) is 2.77. The van der Waals surface area contributed by atoms with Gasteiger partial charge in [0.15, 0.2) is 6.29 Å². The number of allylic oxidation sites excluding steroid dienone is 3. The highest BCUT2D eigenvalue weighted by Gasteiger charge is 2.06. The average molecular weight is 325 g/mol. The standard InChI is InChI=1S/C21H40O2/c1-4-7-8-9-10-11-12-13-14-15-16-17-18-19-20-21(22-5-2)23-6-3/h4,7-8,21H,1,5-6,9-20H2,2-3H3/b8-7+. The first-order chi connectivity index (χ1) is 11.3. The molecule has 0 bridgehead atoms. The summed E-state index contributed by atoms with van der Waals surface area (Å²) in [6.45, 7) is 9.23. The van der Waals surface area contributed by atoms with Crippen LogP contribution in [0.1, 0.15) is 90.9 Å². The molecule has 0 rings (SSSR count). The Balaban J connectivity index is 3.20. The maximum atomic E-state index is 5.56. The summed E-state index contributed by atoms with van der Waals surface area (Å²) in [5, 5.41) is 0. The van der Waals surface area contributed by atoms with E-state index in [-0.39, 0.29) is 6.29 Å². The predicted octanol–water partition coefficient (Wildman–Crippen LogP) is 6.81. The fourth-order valence-electron chi connectivity index (χ4n) is 2.77. The molecule has 0 aromatic rings. The van der Waals surface area contributed by atoms with Gasteiger partial charge in [0.2, 0.25) is 0 Å². The zero-order valence-electron chi connectivity index (χ0n) is 15.7. The third-order valence-corrected chi connectivity index (χ3v) is 4.04. The van der Waals surface area contributed by atoms with Crippen molar-refractivity contribution in [3.05, 3.63) is 24.8 Å². The number of hydrogen-bond acceptors (Lipinski definition) is 2. The van der Waals surface area contributed by atoms with Crippen molar-refractivity contribution in [1.82, 2.24) is 0 Å². The monoisotopic (exact) mass is 324 g/mol. The van der Waals surface area contributed by atoms with Gasteiger partial charge in [0.05, 0.1) is 0 Å². The number of rotatable bonds is 18. The third-order valence-electron chi connectivity index (χ3n) is 4.04. The second-order valence-electron chi connectivity index (χ2n) is 6.12. The van der Waals surface area contributed by atoms with E-state index in [2.05, 4.69) is 12.7 Å². The Morgan fingerprint density at radius 2 is 1.22 bits per heavy atom. The van der Waals surface area contributed by atoms with Crippen molar-refractivity contribution in [2.24, 2.45) is 0 Å². The van der Waals surface area contributed by atoms with Gasteiger partial charge < -0.3 is 9.47 Å². The van der Waals surface area contributed by atoms with Crippen molar-refractivity contribution < 1.29 is 9.47 Å². The van der Waals surface area contributed by atoms with Crippen LogP contribution < -0.4 is 0 Å². The molecule has 0 atom stereocenters. The lowest BCUT2D eigenvalue weighted by Gasteiger charge is -2.16. The van der Waals surface area contributed by atoms with Crippen molar-refractivity contribution in [3.8, 4) is 0 Å². The Morgan fingerprint density at radius 1 is 0.739 bits per heavy atom. The van der Waals surface area contributed by atoms with Crippen LogP contribution in [0.25, 0.3) is 0 Å². The van der Waals surface area contributed by atoms with Crippen molar-refractivity contribution in [2.45, 2.75) is 97.2 Å². The normalized spacial score (nSPS) is 11.6. The molecule has 0 fully saturated rings. The molecule has 0 saturated carbocycles. The first-order valence-electron chi connectivity index (χ1n) is 9.85. The topological polar surface area (TPSA) is 18.5 Å². The minimum Gasteiger partial charge on any atom is -0.353 e. The first-order valence-corrected chi connectivity index (χ1v) is 9.85. The van der Waals surface area contributed by atoms with Gasteiger partial charge in [-0.15, -0.1) is 0 Å². The molecule has 0 aromatic heterocycles. The molecule has 0 amide bonds. The molecule has 0 aliphatic carbocycles. The van der Waals surface area contributed by atoms with Crippen LogP contribution in [0.4, 0.5) is 0 Å². The minimum absolute atomic E-state index is 0.0197. The quantitative estimate of drug-likeness (QED) is 0.157. The van der Waals surface area contributed by atoms with Crippen LogP contribution in [0.15, 0.2) is 24.8 Å². The number of ether oxygens (including phenoxy) is 2. The Labute approximate surface area is 145 Å². The van der Waals surface area contributed by atoms with E-state index in [1.807, 2.05) is 26.0 Å². The summed E-state index contributed by atoms with van der Waals surface area (Å²) in [5.74, 6) is 0. The second kappa shape index (κ2) is 19.4. The highest BCUT2D eigenvalue weighted by atomic mass is 16.7. The Kier molecular flexibility index (Phi) is 18.9. The van der Waals surface area contributed by atoms with Crippen molar-refractivity contribution in [3.63, 3.8) is 0 Å². The summed E-state index contributed by atoms with van der Waals surface area (Å²) in [4.78, 5) is 0. The van der Waals surface area contributed by atoms with Gasteiger partial charge in [0, 0.05) is 13.2 Å². The van der Waals surface area contributed by atoms with Crippen molar-refractivity contribution in [2.75, 3.05) is 13.2 Å². The summed E-state index contributed by atoms with van der Waals surface area (Å²) in [5.41, 5.74) is 0. The fraction of sp³-hybridized carbons (Fsp3) is 0.810. The van der Waals surface area contributed by atoms with Crippen LogP contribution in [-0.2, 0) is 9.47 Å². The van der Waals surface area contributed by atoms with E-state index in [0.717, 1.165) is 19.6 Å². The van der Waals surface area contributed by atoms with Gasteiger partial charge in [-0.3, -0.25) is 0 Å². The summed E-state index contributed by atoms with van der Waals surface area (Å²) in [6.07, 6.45) is 22.0. The second-order valence-corrected chi connectivity index (χ2v) is 6.12. The third kappa shape index (κ3) is 17.6. The van der Waals surface area contributed by atoms with E-state index >= 15 is 0 Å². The van der Waals surface area contributed by atoms with E-state index in [9.17, 15) is 0 Å². The number of unbranched alkanes of at least 4 members (excludes halogenated alkanes) is 10. The average Bonchev–Trinajstić information content (AvgIpc) is 2.55. The Hall–Kier alpha value is -0.600. The lowest BCUT2D eigenvalue weighted by molar-refractivity contribution is -0.140. The van der Waals surface area contributed by atoms with Crippen LogP contribution in [0.3, 0.4) is 0 Å². The van der Waals surface area contributed by atoms with Gasteiger partial charge in [0.25, 0.3) is 0 Å². The largest absolute Gasteiger partial charge is 0.353 e. The Morgan fingerprint density at radius 3 is 1.70 bits per heavy atom. The zero-order valence-corrected chi connectivity index (χ0v) is 15.7. The molecule has 2 heteroatoms. The molecular formula is C21H40O2. The van der Waals surface area contributed by atoms with Crippen LogP contribution in [0, 0.1) is 0 Å². The van der Waals surface area contributed by atoms with Crippen molar-refractivity contribution in [1.29, 1.82) is 0 Å². The zero-order chi connectivity index (χ0) is 17.0. The molecular weight excluding hydrogens is 284 g/mol. The molecule has 0 N–H and O–H groups in total. The highest BCUT2D eigenvalue weighted by molar-refractivity contribution is 4.96. The number of hydrogen-bond donors (Lipinski definition) is 0. The summed E-state index contributed by atoms with van der Waals surface area (Å²) >= 11 is 0. The van der Waals surface area contributed by atoms with Crippen LogP contribution in [0.5, 0.6) is 0 Å². The lowest BCUT2D eigenvalue weighted by Crippen LogP contribution is -2.17. The molecule has 0 unspecified atom stereocenters. The van der Waals surface area contributed by atoms with Crippen molar-refractivity contribution >= 4 is 0 Å². The van der Waals surface area contributed by atoms with E-state index in [1.165, 1.54) is 70.6 Å². The van der Waals surface area contributed by atoms with Crippen LogP contribution >= 0.6 is 0 Å². The van der Waals surface area contributed by atoms with E-state index in [4.69, 9.17) is 9.47 Å². The molecule has 2 nitrogen and oxygen atoms in total. The molecule has 0 radical (unpaired) electrons. The smallest absolute Gasteiger partial charge is 0.157 e. The maximum Gasteiger partial charge on any atom is 0.157 e. The van der Waals surface area contributed by atoms with Gasteiger partial charge in [-0.05, 0) is 39.5 Å². The lowest BCUT2D eigenvalue weighted by atomic mass is 10.0. The maximum absolute atomic E-state index is 5.56. The van der Waals surface area contributed by atoms with E-state index in [0.29, 0.717) is 0 Å². The van der Waals surface area contributed by atoms with Gasteiger partial charge in [-0.1, -0.05) is 76.2 Å². The van der Waals surface area contributed by atoms with Gasteiger partial charge in [0.1, 0.15) is 0 Å². The van der Waals surface area contributed by atoms with Gasteiger partial charge in [-0.2, -0.15) is 0 Å². The van der Waals surface area contributed by atoms with Gasteiger partial charge in [-0.25, -0.2) is 0 Å². The minimum atomic E-state index is 0.0197. The van der Waals surface area contributed by atoms with Crippen LogP contribution in [0.2, 0.25) is 0 Å². The molecule has 0 aromatic carbocycles. The molecule has 0 aliphatic rings. The molecule has 0 aliphatic heterocycles. The SMILES string of the molecule is C=C/C=C/CCCCCCCCCCCCC(OCC)OCC. The van der Waals surface area contributed by atoms with Crippen LogP contribution in [-0.4, -0.2) is 19.5 Å². The van der Waals surface area contributed by atoms with E-state index in [1.54, 1.807) is 0 Å². The molecule has 0 heterocycles. The predicted molar refractivity (Wildman–Crippen MR) is 102 cm³/mol. The molecule has 0 saturated heterocycles. The first kappa shape index (κ1) is 22.4. The summed E-state index contributed by atoms with van der Waals surface area (Å²) < 4.78 is 11.1. The summed E-state index contributed by atoms with van der Waals surface area (Å²) in [6, 6.07) is 0. The summed E-state index contributed by atoms with van der Waals surface area (Å²) in [7, 11) is 0. The molecule has 23 heavy (non-hydrogen) atoms.